The van der Waals surface area contributed by atoms with Gasteiger partial charge in [0.15, 0.2) is 0 Å². The normalized spacial score (nSPS) is 22.8. The van der Waals surface area contributed by atoms with E-state index in [-0.39, 0.29) is 24.0 Å². The van der Waals surface area contributed by atoms with E-state index < -0.39 is 0 Å². The summed E-state index contributed by atoms with van der Waals surface area (Å²) in [5.74, 6) is 2.71. The summed E-state index contributed by atoms with van der Waals surface area (Å²) in [5, 5.41) is 9.41. The Balaban J connectivity index is 1.17. The molecule has 2 aliphatic heterocycles. The first kappa shape index (κ1) is 19.8. The molecule has 0 saturated carbocycles. The van der Waals surface area contributed by atoms with Crippen LogP contribution in [0.2, 0.25) is 0 Å². The maximum absolute atomic E-state index is 12.2. The Bertz CT molecular complexity index is 885. The molecule has 0 radical (unpaired) electrons. The summed E-state index contributed by atoms with van der Waals surface area (Å²) in [5.41, 5.74) is 1.01. The SMILES string of the molecule is Cc1nccn1-c1cc(CNC(=O)CCCC[C@@H]2SC[C@@H]3NC(=O)N[C@@H]32)ccn1. The van der Waals surface area contributed by atoms with Crippen LogP contribution in [0.3, 0.4) is 0 Å². The average Bonchev–Trinajstić information content (AvgIpc) is 3.40. The molecule has 0 aromatic carbocycles. The number of nitrogens with zero attached hydrogens (tertiary/aromatic N) is 3. The quantitative estimate of drug-likeness (QED) is 0.453. The Labute approximate surface area is 174 Å². The minimum Gasteiger partial charge on any atom is -0.352 e. The number of hydrogen-bond donors (Lipinski definition) is 3. The number of nitrogens with one attached hydrogen (secondary N) is 3. The predicted molar refractivity (Wildman–Crippen MR) is 112 cm³/mol. The van der Waals surface area contributed by atoms with E-state index in [4.69, 9.17) is 0 Å². The first-order valence-electron chi connectivity index (χ1n) is 10.0. The van der Waals surface area contributed by atoms with Crippen molar-refractivity contribution in [2.45, 2.75) is 56.5 Å². The molecule has 4 rings (SSSR count). The highest BCUT2D eigenvalue weighted by Gasteiger charge is 2.42. The largest absolute Gasteiger partial charge is 0.352 e. The molecule has 3 amide bonds. The molecule has 9 heteroatoms. The number of pyridine rings is 1. The molecule has 0 bridgehead atoms. The lowest BCUT2D eigenvalue weighted by Gasteiger charge is -2.16. The molecule has 2 aromatic heterocycles. The second kappa shape index (κ2) is 8.86. The van der Waals surface area contributed by atoms with Crippen molar-refractivity contribution in [2.24, 2.45) is 0 Å². The summed E-state index contributed by atoms with van der Waals surface area (Å²) in [7, 11) is 0. The highest BCUT2D eigenvalue weighted by atomic mass is 32.2. The molecule has 2 saturated heterocycles. The number of imidazole rings is 1. The number of aryl methyl sites for hydroxylation is 1. The third-order valence-electron chi connectivity index (χ3n) is 5.45. The topological polar surface area (TPSA) is 101 Å². The van der Waals surface area contributed by atoms with Crippen LogP contribution in [0, 0.1) is 6.92 Å². The number of carbonyl (C=O) groups is 2. The van der Waals surface area contributed by atoms with E-state index >= 15 is 0 Å². The van der Waals surface area contributed by atoms with Gasteiger partial charge >= 0.3 is 6.03 Å². The number of aromatic nitrogens is 3. The number of unbranched alkanes of at least 4 members (excludes halogenated alkanes) is 1. The lowest BCUT2D eigenvalue weighted by molar-refractivity contribution is -0.121. The summed E-state index contributed by atoms with van der Waals surface area (Å²) in [6.45, 7) is 2.42. The van der Waals surface area contributed by atoms with E-state index in [2.05, 4.69) is 25.9 Å². The van der Waals surface area contributed by atoms with Crippen LogP contribution in [0.25, 0.3) is 5.82 Å². The Kier molecular flexibility index (Phi) is 6.03. The number of urea groups is 1. The van der Waals surface area contributed by atoms with Gasteiger partial charge < -0.3 is 16.0 Å². The van der Waals surface area contributed by atoms with E-state index in [0.717, 1.165) is 42.2 Å². The van der Waals surface area contributed by atoms with Gasteiger partial charge in [-0.1, -0.05) is 6.42 Å². The van der Waals surface area contributed by atoms with Crippen LogP contribution in [0.15, 0.2) is 30.7 Å². The Morgan fingerprint density at radius 1 is 1.31 bits per heavy atom. The average molecular weight is 415 g/mol. The van der Waals surface area contributed by atoms with E-state index in [1.807, 2.05) is 41.6 Å². The third kappa shape index (κ3) is 4.72. The standard InChI is InChI=1S/C20H26N6O2S/c1-13-21-8-9-26(13)17-10-14(6-7-22-17)11-23-18(27)5-3-2-4-16-19-15(12-29-16)24-20(28)25-19/h6-10,15-16,19H,2-5,11-12H2,1H3,(H,23,27)(H2,24,25,28)/t15-,16-,19-/m0/s1. The highest BCUT2D eigenvalue weighted by Crippen LogP contribution is 2.33. The Morgan fingerprint density at radius 2 is 2.21 bits per heavy atom. The molecule has 154 valence electrons. The van der Waals surface area contributed by atoms with Crippen molar-refractivity contribution in [1.29, 1.82) is 0 Å². The smallest absolute Gasteiger partial charge is 0.315 e. The van der Waals surface area contributed by atoms with Crippen molar-refractivity contribution in [3.63, 3.8) is 0 Å². The van der Waals surface area contributed by atoms with Gasteiger partial charge in [0.1, 0.15) is 11.6 Å². The zero-order chi connectivity index (χ0) is 20.2. The van der Waals surface area contributed by atoms with Crippen LogP contribution < -0.4 is 16.0 Å². The second-order valence-corrected chi connectivity index (χ2v) is 8.78. The number of rotatable bonds is 8. The molecule has 3 atom stereocenters. The van der Waals surface area contributed by atoms with Gasteiger partial charge in [-0.2, -0.15) is 11.8 Å². The summed E-state index contributed by atoms with van der Waals surface area (Å²) < 4.78 is 1.92. The van der Waals surface area contributed by atoms with Crippen LogP contribution in [0.5, 0.6) is 0 Å². The molecule has 2 fully saturated rings. The summed E-state index contributed by atoms with van der Waals surface area (Å²) in [6.07, 6.45) is 8.76. The number of thioether (sulfide) groups is 1. The minimum atomic E-state index is -0.0489. The molecular weight excluding hydrogens is 388 g/mol. The first-order chi connectivity index (χ1) is 14.1. The molecule has 3 N–H and O–H groups in total. The van der Waals surface area contributed by atoms with Gasteiger partial charge in [0, 0.05) is 42.6 Å². The number of hydrogen-bond acceptors (Lipinski definition) is 5. The summed E-state index contributed by atoms with van der Waals surface area (Å²) in [4.78, 5) is 32.2. The van der Waals surface area contributed by atoms with Crippen molar-refractivity contribution < 1.29 is 9.59 Å². The zero-order valence-corrected chi connectivity index (χ0v) is 17.2. The highest BCUT2D eigenvalue weighted by molar-refractivity contribution is 8.00. The molecule has 29 heavy (non-hydrogen) atoms. The number of carbonyl (C=O) groups excluding carboxylic acids is 2. The van der Waals surface area contributed by atoms with Gasteiger partial charge in [-0.05, 0) is 37.5 Å². The minimum absolute atomic E-state index is 0.0489. The molecule has 0 aliphatic carbocycles. The molecule has 0 unspecified atom stereocenters. The van der Waals surface area contributed by atoms with Crippen molar-refractivity contribution in [2.75, 3.05) is 5.75 Å². The molecule has 4 heterocycles. The number of fused-ring (bicyclic) bond motifs is 1. The zero-order valence-electron chi connectivity index (χ0n) is 16.4. The maximum Gasteiger partial charge on any atom is 0.315 e. The van der Waals surface area contributed by atoms with Crippen molar-refractivity contribution in [3.8, 4) is 5.82 Å². The summed E-state index contributed by atoms with van der Waals surface area (Å²) >= 11 is 1.91. The van der Waals surface area contributed by atoms with Crippen LogP contribution in [0.1, 0.15) is 37.1 Å². The fourth-order valence-electron chi connectivity index (χ4n) is 3.89. The van der Waals surface area contributed by atoms with E-state index in [9.17, 15) is 9.59 Å². The fourth-order valence-corrected chi connectivity index (χ4v) is 5.43. The van der Waals surface area contributed by atoms with Crippen LogP contribution in [-0.2, 0) is 11.3 Å². The van der Waals surface area contributed by atoms with Crippen LogP contribution >= 0.6 is 11.8 Å². The van der Waals surface area contributed by atoms with Gasteiger partial charge in [-0.15, -0.1) is 0 Å². The van der Waals surface area contributed by atoms with Crippen molar-refractivity contribution in [3.05, 3.63) is 42.1 Å². The molecule has 2 aliphatic rings. The Hall–Kier alpha value is -2.55. The molecular formula is C20H26N6O2S. The van der Waals surface area contributed by atoms with E-state index in [1.54, 1.807) is 12.4 Å². The predicted octanol–water partition coefficient (Wildman–Crippen LogP) is 1.92. The third-order valence-corrected chi connectivity index (χ3v) is 6.96. The van der Waals surface area contributed by atoms with Gasteiger partial charge in [-0.3, -0.25) is 9.36 Å². The van der Waals surface area contributed by atoms with E-state index in [0.29, 0.717) is 18.2 Å². The lowest BCUT2D eigenvalue weighted by Crippen LogP contribution is -2.36. The number of amides is 3. The van der Waals surface area contributed by atoms with Crippen LogP contribution in [-0.4, -0.2) is 49.6 Å². The Morgan fingerprint density at radius 3 is 3.03 bits per heavy atom. The van der Waals surface area contributed by atoms with Crippen LogP contribution in [0.4, 0.5) is 4.79 Å². The molecule has 2 aromatic rings. The van der Waals surface area contributed by atoms with Gasteiger partial charge in [0.05, 0.1) is 12.1 Å². The monoisotopic (exact) mass is 414 g/mol. The lowest BCUT2D eigenvalue weighted by atomic mass is 10.0. The van der Waals surface area contributed by atoms with E-state index in [1.165, 1.54) is 0 Å². The summed E-state index contributed by atoms with van der Waals surface area (Å²) in [6, 6.07) is 4.33. The van der Waals surface area contributed by atoms with Gasteiger partial charge in [-0.25, -0.2) is 14.8 Å². The van der Waals surface area contributed by atoms with Gasteiger partial charge in [0.25, 0.3) is 0 Å². The molecule has 8 nitrogen and oxygen atoms in total. The second-order valence-electron chi connectivity index (χ2n) is 7.51. The first-order valence-corrected chi connectivity index (χ1v) is 11.1. The maximum atomic E-state index is 12.2. The van der Waals surface area contributed by atoms with Crippen molar-refractivity contribution >= 4 is 23.7 Å². The van der Waals surface area contributed by atoms with Gasteiger partial charge in [0.2, 0.25) is 5.91 Å². The fraction of sp³-hybridized carbons (Fsp3) is 0.500. The molecule has 0 spiro atoms. The van der Waals surface area contributed by atoms with Crippen molar-refractivity contribution in [1.82, 2.24) is 30.5 Å².